The minimum absolute atomic E-state index is 0. The van der Waals surface area contributed by atoms with Gasteiger partial charge in [-0.2, -0.15) is 4.31 Å². The van der Waals surface area contributed by atoms with E-state index in [1.165, 1.54) is 4.90 Å². The number of halogens is 1. The summed E-state index contributed by atoms with van der Waals surface area (Å²) in [6.45, 7) is 7.07. The predicted octanol–water partition coefficient (Wildman–Crippen LogP) is 2.34. The molecule has 0 radical (unpaired) electrons. The molecule has 7 nitrogen and oxygen atoms in total. The van der Waals surface area contributed by atoms with Crippen LogP contribution in [-0.4, -0.2) is 87.6 Å². The van der Waals surface area contributed by atoms with Crippen molar-refractivity contribution in [1.29, 1.82) is 0 Å². The van der Waals surface area contributed by atoms with Gasteiger partial charge >= 0.3 is 0 Å². The molecular weight excluding hydrogens is 523 g/mol. The van der Waals surface area contributed by atoms with E-state index in [2.05, 4.69) is 27.3 Å². The first-order valence-electron chi connectivity index (χ1n) is 9.65. The molecule has 0 unspecified atom stereocenters. The number of nitrogens with zero attached hydrogens (tertiary/aromatic N) is 3. The summed E-state index contributed by atoms with van der Waals surface area (Å²) >= 11 is 1.80. The first-order chi connectivity index (χ1) is 13.4. The number of sulfonamides is 1. The molecule has 1 aromatic carbocycles. The third-order valence-electron chi connectivity index (χ3n) is 4.33. The summed E-state index contributed by atoms with van der Waals surface area (Å²) in [5.74, 6) is 1.80. The Kier molecular flexibility index (Phi) is 12.5. The standard InChI is InChI=1S/C19H32N4O3S2.HI/c1-17(2)26-14-16-28(24,25)23-12-10-22(11-13-23)19(20-3)21-9-15-27-18-7-5-4-6-8-18;/h4-8,17H,9-16H2,1-3H3,(H,20,21);1H. The van der Waals surface area contributed by atoms with Crippen molar-refractivity contribution >= 4 is 51.7 Å². The number of hydrogen-bond acceptors (Lipinski definition) is 5. The molecule has 1 aliphatic heterocycles. The Hall–Kier alpha value is -0.560. The molecule has 0 aromatic heterocycles. The van der Waals surface area contributed by atoms with Gasteiger partial charge in [0.15, 0.2) is 5.96 Å². The van der Waals surface area contributed by atoms with Crippen LogP contribution in [0.25, 0.3) is 0 Å². The minimum atomic E-state index is -3.27. The smallest absolute Gasteiger partial charge is 0.216 e. The highest BCUT2D eigenvalue weighted by Crippen LogP contribution is 2.16. The molecule has 1 fully saturated rings. The number of guanidine groups is 1. The van der Waals surface area contributed by atoms with Crippen LogP contribution in [0.1, 0.15) is 13.8 Å². The fourth-order valence-electron chi connectivity index (χ4n) is 2.88. The zero-order valence-electron chi connectivity index (χ0n) is 17.4. The van der Waals surface area contributed by atoms with Crippen molar-refractivity contribution in [1.82, 2.24) is 14.5 Å². The molecule has 0 spiro atoms. The van der Waals surface area contributed by atoms with E-state index in [1.807, 2.05) is 32.0 Å². The Labute approximate surface area is 196 Å². The van der Waals surface area contributed by atoms with Crippen LogP contribution in [0, 0.1) is 0 Å². The van der Waals surface area contributed by atoms with E-state index in [1.54, 1.807) is 23.1 Å². The molecular formula is C19H33IN4O3S2. The largest absolute Gasteiger partial charge is 0.378 e. The molecule has 2 rings (SSSR count). The van der Waals surface area contributed by atoms with Crippen LogP contribution in [0.4, 0.5) is 0 Å². The molecule has 0 aliphatic carbocycles. The Morgan fingerprint density at radius 1 is 1.21 bits per heavy atom. The van der Waals surface area contributed by atoms with E-state index >= 15 is 0 Å². The highest BCUT2D eigenvalue weighted by molar-refractivity contribution is 14.0. The number of nitrogens with one attached hydrogen (secondary N) is 1. The summed E-state index contributed by atoms with van der Waals surface area (Å²) in [5, 5.41) is 3.38. The second-order valence-electron chi connectivity index (χ2n) is 6.76. The van der Waals surface area contributed by atoms with Gasteiger partial charge in [-0.1, -0.05) is 18.2 Å². The number of thioether (sulfide) groups is 1. The van der Waals surface area contributed by atoms with Gasteiger partial charge in [-0.05, 0) is 26.0 Å². The van der Waals surface area contributed by atoms with Crippen molar-refractivity contribution in [3.8, 4) is 0 Å². The van der Waals surface area contributed by atoms with E-state index in [4.69, 9.17) is 4.74 Å². The zero-order valence-corrected chi connectivity index (χ0v) is 21.4. The first-order valence-corrected chi connectivity index (χ1v) is 12.2. The van der Waals surface area contributed by atoms with Crippen LogP contribution in [0.3, 0.4) is 0 Å². The molecule has 1 aromatic rings. The van der Waals surface area contributed by atoms with E-state index in [9.17, 15) is 8.42 Å². The molecule has 29 heavy (non-hydrogen) atoms. The van der Waals surface area contributed by atoms with Crippen LogP contribution < -0.4 is 5.32 Å². The van der Waals surface area contributed by atoms with Crippen molar-refractivity contribution in [2.24, 2.45) is 4.99 Å². The maximum absolute atomic E-state index is 12.4. The summed E-state index contributed by atoms with van der Waals surface area (Å²) < 4.78 is 31.8. The number of aliphatic imine (C=N–C) groups is 1. The number of piperazine rings is 1. The maximum Gasteiger partial charge on any atom is 0.216 e. The van der Waals surface area contributed by atoms with E-state index in [0.29, 0.717) is 26.2 Å². The molecule has 0 bridgehead atoms. The molecule has 0 saturated carbocycles. The second-order valence-corrected chi connectivity index (χ2v) is 10.0. The Balaban J connectivity index is 0.00000420. The first kappa shape index (κ1) is 26.5. The van der Waals surface area contributed by atoms with Crippen LogP contribution in [-0.2, 0) is 14.8 Å². The summed E-state index contributed by atoms with van der Waals surface area (Å²) in [6.07, 6.45) is 0.0431. The average molecular weight is 557 g/mol. The van der Waals surface area contributed by atoms with Gasteiger partial charge in [0.05, 0.1) is 18.5 Å². The van der Waals surface area contributed by atoms with Crippen molar-refractivity contribution in [3.63, 3.8) is 0 Å². The zero-order chi connectivity index (χ0) is 20.4. The van der Waals surface area contributed by atoms with Gasteiger partial charge in [-0.25, -0.2) is 8.42 Å². The fourth-order valence-corrected chi connectivity index (χ4v) is 4.95. The normalized spacial score (nSPS) is 16.0. The summed E-state index contributed by atoms with van der Waals surface area (Å²) in [5.41, 5.74) is 0. The van der Waals surface area contributed by atoms with E-state index in [0.717, 1.165) is 18.3 Å². The fraction of sp³-hybridized carbons (Fsp3) is 0.632. The van der Waals surface area contributed by atoms with Gasteiger partial charge < -0.3 is 15.0 Å². The Morgan fingerprint density at radius 2 is 1.86 bits per heavy atom. The molecule has 1 aliphatic rings. The van der Waals surface area contributed by atoms with Gasteiger partial charge in [0.25, 0.3) is 0 Å². The van der Waals surface area contributed by atoms with Crippen LogP contribution >= 0.6 is 35.7 Å². The summed E-state index contributed by atoms with van der Waals surface area (Å²) in [6, 6.07) is 10.3. The molecule has 0 amide bonds. The van der Waals surface area contributed by atoms with Crippen molar-refractivity contribution in [2.45, 2.75) is 24.8 Å². The summed E-state index contributed by atoms with van der Waals surface area (Å²) in [7, 11) is -1.51. The van der Waals surface area contributed by atoms with Gasteiger partial charge in [-0.3, -0.25) is 4.99 Å². The van der Waals surface area contributed by atoms with Crippen LogP contribution in [0.5, 0.6) is 0 Å². The Bertz CT molecular complexity index is 709. The molecule has 1 saturated heterocycles. The second kappa shape index (κ2) is 13.7. The quantitative estimate of drug-likeness (QED) is 0.166. The topological polar surface area (TPSA) is 74.2 Å². The number of ether oxygens (including phenoxy) is 1. The minimum Gasteiger partial charge on any atom is -0.378 e. The molecule has 10 heteroatoms. The van der Waals surface area contributed by atoms with Crippen molar-refractivity contribution in [2.75, 3.05) is 57.9 Å². The monoisotopic (exact) mass is 556 g/mol. The average Bonchev–Trinajstić information content (AvgIpc) is 2.68. The molecule has 1 N–H and O–H groups in total. The van der Waals surface area contributed by atoms with Gasteiger partial charge in [0, 0.05) is 50.4 Å². The van der Waals surface area contributed by atoms with Crippen molar-refractivity contribution in [3.05, 3.63) is 30.3 Å². The highest BCUT2D eigenvalue weighted by atomic mass is 127. The highest BCUT2D eigenvalue weighted by Gasteiger charge is 2.27. The van der Waals surface area contributed by atoms with E-state index < -0.39 is 10.0 Å². The number of rotatable bonds is 9. The van der Waals surface area contributed by atoms with Gasteiger partial charge in [-0.15, -0.1) is 35.7 Å². The van der Waals surface area contributed by atoms with Crippen LogP contribution in [0.15, 0.2) is 40.2 Å². The lowest BCUT2D eigenvalue weighted by Crippen LogP contribution is -2.54. The number of benzene rings is 1. The lowest BCUT2D eigenvalue weighted by atomic mass is 10.4. The summed E-state index contributed by atoms with van der Waals surface area (Å²) in [4.78, 5) is 7.71. The molecule has 0 atom stereocenters. The van der Waals surface area contributed by atoms with Crippen LogP contribution in [0.2, 0.25) is 0 Å². The third kappa shape index (κ3) is 9.41. The number of hydrogen-bond donors (Lipinski definition) is 1. The lowest BCUT2D eigenvalue weighted by molar-refractivity contribution is 0.0904. The van der Waals surface area contributed by atoms with Gasteiger partial charge in [0.2, 0.25) is 10.0 Å². The third-order valence-corrected chi connectivity index (χ3v) is 7.18. The maximum atomic E-state index is 12.4. The SMILES string of the molecule is CN=C(NCCSc1ccccc1)N1CCN(S(=O)(=O)CCOC(C)C)CC1.I. The molecule has 1 heterocycles. The molecule has 166 valence electrons. The van der Waals surface area contributed by atoms with E-state index in [-0.39, 0.29) is 42.4 Å². The van der Waals surface area contributed by atoms with Gasteiger partial charge in [0.1, 0.15) is 0 Å². The lowest BCUT2D eigenvalue weighted by Gasteiger charge is -2.35. The Morgan fingerprint density at radius 3 is 2.45 bits per heavy atom. The predicted molar refractivity (Wildman–Crippen MR) is 132 cm³/mol. The van der Waals surface area contributed by atoms with Crippen molar-refractivity contribution < 1.29 is 13.2 Å².